The van der Waals surface area contributed by atoms with Crippen molar-refractivity contribution in [1.82, 2.24) is 15.4 Å². The summed E-state index contributed by atoms with van der Waals surface area (Å²) in [5, 5.41) is 7.18. The highest BCUT2D eigenvalue weighted by Gasteiger charge is 2.38. The molecule has 0 unspecified atom stereocenters. The van der Waals surface area contributed by atoms with Gasteiger partial charge in [-0.05, 0) is 44.9 Å². The van der Waals surface area contributed by atoms with Gasteiger partial charge in [0, 0.05) is 30.7 Å². The van der Waals surface area contributed by atoms with Crippen molar-refractivity contribution in [2.75, 3.05) is 32.8 Å². The molecule has 2 aliphatic rings. The number of rotatable bonds is 7. The molecule has 1 aromatic heterocycles. The number of aryl methyl sites for hydroxylation is 2. The summed E-state index contributed by atoms with van der Waals surface area (Å²) in [6.45, 7) is 8.26. The molecule has 1 aromatic carbocycles. The standard InChI is InChI=1S/C24H33N3O4/c1-18-22(19(2)31-26-18)16-30-21-8-6-7-20(15-21)23(28)25-17-24(9-4-3-5-10-24)27-11-13-29-14-12-27/h6-8,15H,3-5,9-14,16-17H2,1-2H3,(H,25,28). The van der Waals surface area contributed by atoms with E-state index in [0.717, 1.165) is 56.2 Å². The van der Waals surface area contributed by atoms with Crippen LogP contribution in [0.3, 0.4) is 0 Å². The highest BCUT2D eigenvalue weighted by molar-refractivity contribution is 5.94. The summed E-state index contributed by atoms with van der Waals surface area (Å²) in [5.41, 5.74) is 2.44. The van der Waals surface area contributed by atoms with E-state index in [1.165, 1.54) is 19.3 Å². The lowest BCUT2D eigenvalue weighted by Crippen LogP contribution is -2.59. The van der Waals surface area contributed by atoms with Gasteiger partial charge >= 0.3 is 0 Å². The first-order chi connectivity index (χ1) is 15.1. The average molecular weight is 428 g/mol. The van der Waals surface area contributed by atoms with Crippen LogP contribution in [0.4, 0.5) is 0 Å². The van der Waals surface area contributed by atoms with Crippen LogP contribution in [0.2, 0.25) is 0 Å². The van der Waals surface area contributed by atoms with Gasteiger partial charge in [0.1, 0.15) is 18.1 Å². The second-order valence-electron chi connectivity index (χ2n) is 8.69. The van der Waals surface area contributed by atoms with Gasteiger partial charge < -0.3 is 19.3 Å². The minimum absolute atomic E-state index is 0.0507. The first-order valence-electron chi connectivity index (χ1n) is 11.3. The number of nitrogens with zero attached hydrogens (tertiary/aromatic N) is 2. The number of aromatic nitrogens is 1. The van der Waals surface area contributed by atoms with Gasteiger partial charge in [-0.15, -0.1) is 0 Å². The van der Waals surface area contributed by atoms with E-state index in [0.29, 0.717) is 24.5 Å². The van der Waals surface area contributed by atoms with Crippen molar-refractivity contribution in [2.24, 2.45) is 0 Å². The molecular weight excluding hydrogens is 394 g/mol. The fraction of sp³-hybridized carbons (Fsp3) is 0.583. The lowest BCUT2D eigenvalue weighted by molar-refractivity contribution is -0.0361. The zero-order valence-corrected chi connectivity index (χ0v) is 18.6. The molecule has 2 heterocycles. The number of benzene rings is 1. The number of amides is 1. The number of nitrogens with one attached hydrogen (secondary N) is 1. The molecule has 4 rings (SSSR count). The van der Waals surface area contributed by atoms with Crippen molar-refractivity contribution in [1.29, 1.82) is 0 Å². The van der Waals surface area contributed by atoms with Gasteiger partial charge in [0.05, 0.1) is 24.5 Å². The van der Waals surface area contributed by atoms with Crippen molar-refractivity contribution >= 4 is 5.91 Å². The van der Waals surface area contributed by atoms with Crippen LogP contribution < -0.4 is 10.1 Å². The van der Waals surface area contributed by atoms with Gasteiger partial charge in [-0.1, -0.05) is 30.5 Å². The Bertz CT molecular complexity index is 863. The van der Waals surface area contributed by atoms with E-state index in [2.05, 4.69) is 15.4 Å². The van der Waals surface area contributed by atoms with E-state index in [-0.39, 0.29) is 11.4 Å². The maximum Gasteiger partial charge on any atom is 0.251 e. The largest absolute Gasteiger partial charge is 0.489 e. The normalized spacial score (nSPS) is 19.2. The summed E-state index contributed by atoms with van der Waals surface area (Å²) in [6, 6.07) is 7.36. The SMILES string of the molecule is Cc1noc(C)c1COc1cccc(C(=O)NCC2(N3CCOCC3)CCCCC2)c1. The van der Waals surface area contributed by atoms with E-state index in [1.807, 2.05) is 32.0 Å². The summed E-state index contributed by atoms with van der Waals surface area (Å²) in [7, 11) is 0. The van der Waals surface area contributed by atoms with Crippen LogP contribution >= 0.6 is 0 Å². The topological polar surface area (TPSA) is 76.8 Å². The average Bonchev–Trinajstić information content (AvgIpc) is 3.14. The molecule has 2 fully saturated rings. The molecule has 168 valence electrons. The summed E-state index contributed by atoms with van der Waals surface area (Å²) < 4.78 is 16.7. The Hall–Kier alpha value is -2.38. The molecule has 1 N–H and O–H groups in total. The lowest BCUT2D eigenvalue weighted by Gasteiger charge is -2.48. The third kappa shape index (κ3) is 5.10. The van der Waals surface area contributed by atoms with Crippen LogP contribution in [-0.2, 0) is 11.3 Å². The summed E-state index contributed by atoms with van der Waals surface area (Å²) in [4.78, 5) is 15.5. The molecule has 1 amide bonds. The highest BCUT2D eigenvalue weighted by Crippen LogP contribution is 2.34. The van der Waals surface area contributed by atoms with Gasteiger partial charge in [0.25, 0.3) is 5.91 Å². The smallest absolute Gasteiger partial charge is 0.251 e. The van der Waals surface area contributed by atoms with E-state index in [9.17, 15) is 4.79 Å². The second kappa shape index (κ2) is 9.83. The summed E-state index contributed by atoms with van der Waals surface area (Å²) in [5.74, 6) is 1.36. The molecule has 0 atom stereocenters. The fourth-order valence-electron chi connectivity index (χ4n) is 4.79. The first kappa shape index (κ1) is 21.8. The van der Waals surface area contributed by atoms with Crippen molar-refractivity contribution in [2.45, 2.75) is 58.1 Å². The summed E-state index contributed by atoms with van der Waals surface area (Å²) >= 11 is 0. The molecule has 1 saturated carbocycles. The third-order valence-electron chi connectivity index (χ3n) is 6.70. The quantitative estimate of drug-likeness (QED) is 0.727. The molecule has 0 bridgehead atoms. The van der Waals surface area contributed by atoms with Gasteiger partial charge in [-0.25, -0.2) is 0 Å². The Labute approximate surface area is 184 Å². The Morgan fingerprint density at radius 3 is 2.68 bits per heavy atom. The van der Waals surface area contributed by atoms with E-state index in [1.54, 1.807) is 6.07 Å². The Balaban J connectivity index is 1.39. The molecule has 31 heavy (non-hydrogen) atoms. The van der Waals surface area contributed by atoms with Gasteiger partial charge in [0.15, 0.2) is 0 Å². The minimum Gasteiger partial charge on any atom is -0.489 e. The van der Waals surface area contributed by atoms with E-state index >= 15 is 0 Å². The molecule has 7 heteroatoms. The van der Waals surface area contributed by atoms with Crippen molar-refractivity contribution in [3.8, 4) is 5.75 Å². The Morgan fingerprint density at radius 2 is 1.97 bits per heavy atom. The molecule has 2 aromatic rings. The van der Waals surface area contributed by atoms with E-state index in [4.69, 9.17) is 14.0 Å². The van der Waals surface area contributed by atoms with Crippen molar-refractivity contribution in [3.63, 3.8) is 0 Å². The first-order valence-corrected chi connectivity index (χ1v) is 11.3. The molecular formula is C24H33N3O4. The van der Waals surface area contributed by atoms with Crippen molar-refractivity contribution in [3.05, 3.63) is 46.8 Å². The van der Waals surface area contributed by atoms with Crippen LogP contribution in [0.1, 0.15) is 59.5 Å². The maximum atomic E-state index is 13.0. The van der Waals surface area contributed by atoms with Gasteiger partial charge in [-0.3, -0.25) is 9.69 Å². The number of morpholine rings is 1. The molecule has 1 aliphatic heterocycles. The predicted molar refractivity (Wildman–Crippen MR) is 117 cm³/mol. The number of hydrogen-bond acceptors (Lipinski definition) is 6. The minimum atomic E-state index is -0.0546. The number of hydrogen-bond donors (Lipinski definition) is 1. The zero-order valence-electron chi connectivity index (χ0n) is 18.6. The molecule has 7 nitrogen and oxygen atoms in total. The van der Waals surface area contributed by atoms with Crippen LogP contribution in [0.5, 0.6) is 5.75 Å². The van der Waals surface area contributed by atoms with E-state index < -0.39 is 0 Å². The second-order valence-corrected chi connectivity index (χ2v) is 8.69. The Morgan fingerprint density at radius 1 is 1.19 bits per heavy atom. The van der Waals surface area contributed by atoms with Crippen LogP contribution in [0.15, 0.2) is 28.8 Å². The third-order valence-corrected chi connectivity index (χ3v) is 6.70. The Kier molecular flexibility index (Phi) is 6.92. The predicted octanol–water partition coefficient (Wildman–Crippen LogP) is 3.64. The zero-order chi connectivity index (χ0) is 21.7. The fourth-order valence-corrected chi connectivity index (χ4v) is 4.79. The number of ether oxygens (including phenoxy) is 2. The van der Waals surface area contributed by atoms with Gasteiger partial charge in [0.2, 0.25) is 0 Å². The highest BCUT2D eigenvalue weighted by atomic mass is 16.5. The molecule has 1 aliphatic carbocycles. The van der Waals surface area contributed by atoms with Crippen LogP contribution in [0, 0.1) is 13.8 Å². The maximum absolute atomic E-state index is 13.0. The van der Waals surface area contributed by atoms with Crippen molar-refractivity contribution < 1.29 is 18.8 Å². The molecule has 0 radical (unpaired) electrons. The monoisotopic (exact) mass is 427 g/mol. The summed E-state index contributed by atoms with van der Waals surface area (Å²) in [6.07, 6.45) is 5.99. The van der Waals surface area contributed by atoms with Crippen LogP contribution in [-0.4, -0.2) is 54.4 Å². The number of carbonyl (C=O) groups excluding carboxylic acids is 1. The number of carbonyl (C=O) groups is 1. The van der Waals surface area contributed by atoms with Gasteiger partial charge in [-0.2, -0.15) is 0 Å². The molecule has 0 spiro atoms. The van der Waals surface area contributed by atoms with Crippen LogP contribution in [0.25, 0.3) is 0 Å². The molecule has 1 saturated heterocycles. The lowest BCUT2D eigenvalue weighted by atomic mass is 9.79.